The van der Waals surface area contributed by atoms with Crippen molar-refractivity contribution in [2.24, 2.45) is 4.40 Å². The molecule has 1 amide bonds. The Hall–Kier alpha value is -2.42. The Morgan fingerprint density at radius 2 is 1.93 bits per heavy atom. The lowest BCUT2D eigenvalue weighted by molar-refractivity contribution is -0.131. The molecule has 1 saturated heterocycles. The fourth-order valence-corrected chi connectivity index (χ4v) is 4.89. The number of hydrogen-bond acceptors (Lipinski definition) is 5. The van der Waals surface area contributed by atoms with Gasteiger partial charge >= 0.3 is 0 Å². The predicted octanol–water partition coefficient (Wildman–Crippen LogP) is 3.28. The number of para-hydroxylation sites is 1. The maximum Gasteiger partial charge on any atom is 0.282 e. The van der Waals surface area contributed by atoms with Gasteiger partial charge in [0.15, 0.2) is 6.61 Å². The molecule has 0 spiro atoms. The van der Waals surface area contributed by atoms with Crippen LogP contribution in [0.15, 0.2) is 40.6 Å². The lowest BCUT2D eigenvalue weighted by Gasteiger charge is -2.31. The standard InChI is InChI=1S/C21H25FN2O5S/c22-14-30(26,27)23-18-5-3-11-24-19(18)12-28-16-9-7-15(8-10-16)17-4-1-2-6-20(17)29-13-21(24)25/h1-2,4,6,12,15-16H,3,5,7-11,13-14H2/b19-12-,23-18+. The molecule has 0 N–H and O–H groups in total. The minimum atomic E-state index is -4.24. The Morgan fingerprint density at radius 1 is 1.17 bits per heavy atom. The minimum Gasteiger partial charge on any atom is -0.496 e. The van der Waals surface area contributed by atoms with Gasteiger partial charge in [0.25, 0.3) is 15.9 Å². The van der Waals surface area contributed by atoms with Crippen LogP contribution in [0.2, 0.25) is 0 Å². The number of nitrogens with zero attached hydrogens (tertiary/aromatic N) is 2. The number of halogens is 1. The van der Waals surface area contributed by atoms with Crippen LogP contribution in [-0.4, -0.2) is 50.2 Å². The molecule has 1 aromatic carbocycles. The number of piperidine rings is 1. The third kappa shape index (κ3) is 4.50. The summed E-state index contributed by atoms with van der Waals surface area (Å²) in [5, 5.41) is 0. The van der Waals surface area contributed by atoms with Gasteiger partial charge in [-0.15, -0.1) is 0 Å². The van der Waals surface area contributed by atoms with Crippen LogP contribution < -0.4 is 4.74 Å². The Bertz CT molecular complexity index is 967. The molecule has 30 heavy (non-hydrogen) atoms. The lowest BCUT2D eigenvalue weighted by atomic mass is 9.82. The van der Waals surface area contributed by atoms with Crippen molar-refractivity contribution in [2.45, 2.75) is 50.5 Å². The summed E-state index contributed by atoms with van der Waals surface area (Å²) < 4.78 is 51.8. The summed E-state index contributed by atoms with van der Waals surface area (Å²) >= 11 is 0. The van der Waals surface area contributed by atoms with Gasteiger partial charge in [0.05, 0.1) is 11.8 Å². The molecule has 1 saturated carbocycles. The number of fused-ring (bicyclic) bond motifs is 5. The van der Waals surface area contributed by atoms with Gasteiger partial charge < -0.3 is 14.4 Å². The van der Waals surface area contributed by atoms with E-state index in [4.69, 9.17) is 9.47 Å². The van der Waals surface area contributed by atoms with Crippen LogP contribution in [0.5, 0.6) is 5.75 Å². The van der Waals surface area contributed by atoms with E-state index in [1.165, 1.54) is 11.2 Å². The molecule has 3 heterocycles. The van der Waals surface area contributed by atoms with Gasteiger partial charge in [-0.25, -0.2) is 12.8 Å². The summed E-state index contributed by atoms with van der Waals surface area (Å²) in [6.07, 6.45) is 5.80. The van der Waals surface area contributed by atoms with Crippen molar-refractivity contribution in [1.29, 1.82) is 0 Å². The number of carbonyl (C=O) groups excluding carboxylic acids is 1. The van der Waals surface area contributed by atoms with Crippen molar-refractivity contribution in [3.63, 3.8) is 0 Å². The Kier molecular flexibility index (Phi) is 6.08. The Balaban J connectivity index is 1.70. The quantitative estimate of drug-likeness (QED) is 0.710. The second-order valence-electron chi connectivity index (χ2n) is 7.82. The number of allylic oxidation sites excluding steroid dienone is 1. The molecule has 2 fully saturated rings. The molecule has 3 aliphatic heterocycles. The van der Waals surface area contributed by atoms with E-state index in [-0.39, 0.29) is 30.0 Å². The molecule has 5 rings (SSSR count). The van der Waals surface area contributed by atoms with Gasteiger partial charge in [0.1, 0.15) is 17.7 Å². The first-order valence-electron chi connectivity index (χ1n) is 10.2. The first-order chi connectivity index (χ1) is 14.5. The molecular formula is C21H25FN2O5S. The molecule has 0 unspecified atom stereocenters. The number of hydrogen-bond donors (Lipinski definition) is 0. The van der Waals surface area contributed by atoms with Crippen molar-refractivity contribution in [1.82, 2.24) is 4.90 Å². The van der Waals surface area contributed by atoms with Gasteiger partial charge in [0, 0.05) is 6.54 Å². The van der Waals surface area contributed by atoms with Gasteiger partial charge in [-0.05, 0) is 56.1 Å². The zero-order valence-corrected chi connectivity index (χ0v) is 17.4. The highest BCUT2D eigenvalue weighted by atomic mass is 32.2. The van der Waals surface area contributed by atoms with E-state index in [9.17, 15) is 17.6 Å². The van der Waals surface area contributed by atoms with Crippen LogP contribution in [0.3, 0.4) is 0 Å². The van der Waals surface area contributed by atoms with E-state index in [0.29, 0.717) is 31.1 Å². The third-order valence-corrected chi connectivity index (χ3v) is 6.60. The van der Waals surface area contributed by atoms with Gasteiger partial charge in [0.2, 0.25) is 6.01 Å². The second kappa shape index (κ2) is 8.75. The maximum atomic E-state index is 12.9. The number of carbonyl (C=O) groups is 1. The predicted molar refractivity (Wildman–Crippen MR) is 109 cm³/mol. The zero-order valence-electron chi connectivity index (χ0n) is 16.6. The number of sulfonamides is 1. The number of rotatable bonds is 2. The smallest absolute Gasteiger partial charge is 0.282 e. The molecule has 0 atom stereocenters. The number of ether oxygens (including phenoxy) is 2. The summed E-state index contributed by atoms with van der Waals surface area (Å²) in [6.45, 7) is 0.203. The zero-order chi connectivity index (χ0) is 21.1. The minimum absolute atomic E-state index is 0.0273. The fourth-order valence-electron chi connectivity index (χ4n) is 4.32. The summed E-state index contributed by atoms with van der Waals surface area (Å²) in [5.74, 6) is 0.723. The van der Waals surface area contributed by atoms with Crippen LogP contribution in [-0.2, 0) is 19.6 Å². The van der Waals surface area contributed by atoms with Gasteiger partial charge in [-0.2, -0.15) is 4.40 Å². The van der Waals surface area contributed by atoms with E-state index >= 15 is 0 Å². The Morgan fingerprint density at radius 3 is 2.70 bits per heavy atom. The van der Waals surface area contributed by atoms with Crippen LogP contribution >= 0.6 is 0 Å². The van der Waals surface area contributed by atoms with Crippen LogP contribution in [0.25, 0.3) is 0 Å². The molecule has 7 nitrogen and oxygen atoms in total. The molecule has 162 valence electrons. The van der Waals surface area contributed by atoms with E-state index < -0.39 is 16.0 Å². The summed E-state index contributed by atoms with van der Waals surface area (Å²) in [6, 6.07) is 6.20. The highest BCUT2D eigenvalue weighted by Crippen LogP contribution is 2.39. The van der Waals surface area contributed by atoms with Crippen molar-refractivity contribution in [3.05, 3.63) is 41.8 Å². The molecule has 1 aliphatic carbocycles. The van der Waals surface area contributed by atoms with Crippen LogP contribution in [0, 0.1) is 0 Å². The average molecular weight is 437 g/mol. The molecule has 9 heteroatoms. The second-order valence-corrected chi connectivity index (χ2v) is 9.38. The molecule has 2 bridgehead atoms. The molecule has 1 aromatic rings. The number of alkyl halides is 1. The monoisotopic (exact) mass is 436 g/mol. The van der Waals surface area contributed by atoms with Crippen molar-refractivity contribution < 1.29 is 27.1 Å². The lowest BCUT2D eigenvalue weighted by Crippen LogP contribution is -2.41. The highest BCUT2D eigenvalue weighted by molar-refractivity contribution is 7.90. The van der Waals surface area contributed by atoms with E-state index in [1.54, 1.807) is 0 Å². The molecular weight excluding hydrogens is 411 g/mol. The highest BCUT2D eigenvalue weighted by Gasteiger charge is 2.31. The van der Waals surface area contributed by atoms with Crippen LogP contribution in [0.1, 0.15) is 50.0 Å². The number of amides is 1. The van der Waals surface area contributed by atoms with Crippen LogP contribution in [0.4, 0.5) is 4.39 Å². The van der Waals surface area contributed by atoms with E-state index in [0.717, 1.165) is 31.2 Å². The largest absolute Gasteiger partial charge is 0.496 e. The summed E-state index contributed by atoms with van der Waals surface area (Å²) in [4.78, 5) is 14.4. The fraction of sp³-hybridized carbons (Fsp3) is 0.524. The van der Waals surface area contributed by atoms with Gasteiger partial charge in [-0.3, -0.25) is 4.79 Å². The topological polar surface area (TPSA) is 85.3 Å². The third-order valence-electron chi connectivity index (χ3n) is 5.83. The van der Waals surface area contributed by atoms with Crippen molar-refractivity contribution in [3.8, 4) is 5.75 Å². The van der Waals surface area contributed by atoms with E-state index in [1.807, 2.05) is 24.3 Å². The summed E-state index contributed by atoms with van der Waals surface area (Å²) in [5.41, 5.74) is 1.53. The molecule has 4 aliphatic rings. The van der Waals surface area contributed by atoms with Gasteiger partial charge in [-0.1, -0.05) is 18.2 Å². The van der Waals surface area contributed by atoms with Crippen molar-refractivity contribution in [2.75, 3.05) is 19.2 Å². The first kappa shape index (κ1) is 20.8. The average Bonchev–Trinajstić information content (AvgIpc) is 2.78. The maximum absolute atomic E-state index is 12.9. The normalized spacial score (nSPS) is 28.0. The number of benzene rings is 1. The van der Waals surface area contributed by atoms with E-state index in [2.05, 4.69) is 4.40 Å². The Labute approximate surface area is 175 Å². The van der Waals surface area contributed by atoms with Crippen molar-refractivity contribution >= 4 is 21.6 Å². The SMILES string of the molecule is O=C1COc2ccccc2C2CCC(CC2)O/C=C2/C(=N/S(=O)(=O)CF)CCCN12. The summed E-state index contributed by atoms with van der Waals surface area (Å²) in [7, 11) is -4.24. The molecule has 0 aromatic heterocycles. The molecule has 0 radical (unpaired) electrons. The first-order valence-corrected chi connectivity index (χ1v) is 11.8.